The molecular formula is C26H36N4O2. The van der Waals surface area contributed by atoms with E-state index in [0.29, 0.717) is 22.7 Å². The number of rotatable bonds is 3. The lowest BCUT2D eigenvalue weighted by molar-refractivity contribution is -0.123. The van der Waals surface area contributed by atoms with E-state index in [2.05, 4.69) is 31.2 Å². The van der Waals surface area contributed by atoms with Crippen LogP contribution in [0.3, 0.4) is 0 Å². The van der Waals surface area contributed by atoms with Crippen LogP contribution in [0.15, 0.2) is 24.3 Å². The maximum atomic E-state index is 13.5. The zero-order chi connectivity index (χ0) is 24.2. The molecule has 1 aromatic carbocycles. The summed E-state index contributed by atoms with van der Waals surface area (Å²) in [5, 5.41) is 6.39. The van der Waals surface area contributed by atoms with Crippen LogP contribution in [0.5, 0.6) is 0 Å². The molecule has 0 spiro atoms. The highest BCUT2D eigenvalue weighted by atomic mass is 16.2. The smallest absolute Gasteiger partial charge is 0.229 e. The molecule has 0 bridgehead atoms. The maximum Gasteiger partial charge on any atom is 0.229 e. The van der Waals surface area contributed by atoms with Gasteiger partial charge in [0, 0.05) is 39.3 Å². The van der Waals surface area contributed by atoms with Crippen LogP contribution < -0.4 is 5.32 Å². The van der Waals surface area contributed by atoms with Crippen LogP contribution in [0, 0.1) is 17.8 Å². The number of nitrogens with zero attached hydrogens (tertiary/aromatic N) is 2. The Balaban J connectivity index is 2.21. The van der Waals surface area contributed by atoms with Crippen LogP contribution >= 0.6 is 0 Å². The van der Waals surface area contributed by atoms with Crippen LogP contribution in [-0.2, 0) is 10.2 Å². The minimum atomic E-state index is -0.579. The largest absolute Gasteiger partial charge is 0.326 e. The number of aromatic amines is 1. The molecular weight excluding hydrogens is 400 g/mol. The number of carbonyl (C=O) groups excluding carboxylic acids is 2. The summed E-state index contributed by atoms with van der Waals surface area (Å²) in [5.74, 6) is -0.0594. The molecule has 2 heterocycles. The lowest BCUT2D eigenvalue weighted by Crippen LogP contribution is -2.27. The van der Waals surface area contributed by atoms with E-state index in [1.54, 1.807) is 4.52 Å². The van der Waals surface area contributed by atoms with E-state index in [9.17, 15) is 9.59 Å². The van der Waals surface area contributed by atoms with E-state index in [1.165, 1.54) is 0 Å². The van der Waals surface area contributed by atoms with Gasteiger partial charge in [0.1, 0.15) is 11.4 Å². The van der Waals surface area contributed by atoms with Gasteiger partial charge < -0.3 is 5.32 Å². The van der Waals surface area contributed by atoms with E-state index in [4.69, 9.17) is 4.98 Å². The van der Waals surface area contributed by atoms with Crippen LogP contribution in [-0.4, -0.2) is 26.3 Å². The molecule has 0 saturated carbocycles. The molecule has 0 aliphatic carbocycles. The Morgan fingerprint density at radius 1 is 0.906 bits per heavy atom. The number of fused-ring (bicyclic) bond motifs is 1. The predicted octanol–water partition coefficient (Wildman–Crippen LogP) is 6.15. The molecule has 0 atom stereocenters. The molecule has 0 saturated heterocycles. The van der Waals surface area contributed by atoms with Gasteiger partial charge in [0.15, 0.2) is 11.4 Å². The topological polar surface area (TPSA) is 79.3 Å². The van der Waals surface area contributed by atoms with E-state index < -0.39 is 10.8 Å². The normalized spacial score (nSPS) is 12.9. The maximum absolute atomic E-state index is 13.5. The molecule has 6 heteroatoms. The van der Waals surface area contributed by atoms with Crippen molar-refractivity contribution in [1.29, 1.82) is 0 Å². The highest BCUT2D eigenvalue weighted by Gasteiger charge is 2.32. The van der Waals surface area contributed by atoms with E-state index >= 15 is 0 Å². The number of ketones is 1. The van der Waals surface area contributed by atoms with E-state index in [-0.39, 0.29) is 17.1 Å². The number of anilines is 1. The number of aromatic nitrogens is 3. The first-order chi connectivity index (χ1) is 14.5. The van der Waals surface area contributed by atoms with Crippen LogP contribution in [0.25, 0.3) is 16.9 Å². The molecule has 0 radical (unpaired) electrons. The molecule has 6 nitrogen and oxygen atoms in total. The Labute approximate surface area is 190 Å². The van der Waals surface area contributed by atoms with Gasteiger partial charge in [-0.05, 0) is 30.7 Å². The molecule has 3 rings (SSSR count). The predicted molar refractivity (Wildman–Crippen MR) is 130 cm³/mol. The third kappa shape index (κ3) is 4.64. The summed E-state index contributed by atoms with van der Waals surface area (Å²) in [7, 11) is 0. The molecule has 0 aliphatic heterocycles. The molecule has 2 aromatic heterocycles. The zero-order valence-electron chi connectivity index (χ0n) is 21.0. The number of nitrogens with one attached hydrogen (secondary N) is 2. The average Bonchev–Trinajstić information content (AvgIpc) is 3.16. The van der Waals surface area contributed by atoms with Gasteiger partial charge in [-0.2, -0.15) is 0 Å². The third-order valence-electron chi connectivity index (χ3n) is 5.40. The first-order valence-corrected chi connectivity index (χ1v) is 11.1. The fourth-order valence-corrected chi connectivity index (χ4v) is 3.39. The molecule has 2 N–H and O–H groups in total. The van der Waals surface area contributed by atoms with E-state index in [0.717, 1.165) is 16.8 Å². The summed E-state index contributed by atoms with van der Waals surface area (Å²) in [6.07, 6.45) is 0. The van der Waals surface area contributed by atoms with Gasteiger partial charge in [-0.1, -0.05) is 62.3 Å². The van der Waals surface area contributed by atoms with Crippen molar-refractivity contribution in [3.05, 3.63) is 41.2 Å². The quantitative estimate of drug-likeness (QED) is 0.483. The molecule has 3 aromatic rings. The van der Waals surface area contributed by atoms with Crippen molar-refractivity contribution in [3.8, 4) is 11.3 Å². The van der Waals surface area contributed by atoms with Crippen LogP contribution in [0.2, 0.25) is 0 Å². The second kappa shape index (κ2) is 7.61. The van der Waals surface area contributed by atoms with Crippen molar-refractivity contribution in [3.63, 3.8) is 0 Å². The molecule has 172 valence electrons. The van der Waals surface area contributed by atoms with E-state index in [1.807, 2.05) is 72.7 Å². The third-order valence-corrected chi connectivity index (χ3v) is 5.40. The van der Waals surface area contributed by atoms with Crippen molar-refractivity contribution in [1.82, 2.24) is 14.6 Å². The minimum absolute atomic E-state index is 0.00379. The van der Waals surface area contributed by atoms with Gasteiger partial charge in [-0.25, -0.2) is 9.50 Å². The van der Waals surface area contributed by atoms with Gasteiger partial charge in [-0.15, -0.1) is 0 Å². The summed E-state index contributed by atoms with van der Waals surface area (Å²) < 4.78 is 1.80. The van der Waals surface area contributed by atoms with Crippen molar-refractivity contribution >= 4 is 23.0 Å². The lowest BCUT2D eigenvalue weighted by Gasteiger charge is -2.19. The highest BCUT2D eigenvalue weighted by molar-refractivity contribution is 6.04. The summed E-state index contributed by atoms with van der Waals surface area (Å²) in [4.78, 5) is 30.9. The summed E-state index contributed by atoms with van der Waals surface area (Å²) >= 11 is 0. The second-order valence-corrected chi connectivity index (χ2v) is 11.8. The number of imidazole rings is 1. The summed E-state index contributed by atoms with van der Waals surface area (Å²) in [6.45, 7) is 19.7. The average molecular weight is 437 g/mol. The van der Waals surface area contributed by atoms with Gasteiger partial charge >= 0.3 is 0 Å². The number of H-pyrrole nitrogens is 1. The standard InChI is InChI=1S/C26H36N4O2/c1-15-11-16(13-17(12-15)27-23(32)26(8,9)10)20-21(22(31)25(5,6)7)30-19(28-20)14-18(29-30)24(2,3)4/h11-14,29H,1-10H3,(H,27,32). The number of hydrogen-bond donors (Lipinski definition) is 2. The number of hydrogen-bond acceptors (Lipinski definition) is 3. The van der Waals surface area contributed by atoms with Gasteiger partial charge in [-0.3, -0.25) is 14.7 Å². The van der Waals surface area contributed by atoms with Gasteiger partial charge in [0.05, 0.1) is 0 Å². The van der Waals surface area contributed by atoms with Gasteiger partial charge in [0.25, 0.3) is 0 Å². The lowest BCUT2D eigenvalue weighted by atomic mass is 9.87. The number of benzene rings is 1. The van der Waals surface area contributed by atoms with Crippen molar-refractivity contribution in [2.45, 2.75) is 74.7 Å². The zero-order valence-corrected chi connectivity index (χ0v) is 21.0. The molecule has 0 unspecified atom stereocenters. The summed E-state index contributed by atoms with van der Waals surface area (Å²) in [6, 6.07) is 7.82. The fourth-order valence-electron chi connectivity index (χ4n) is 3.39. The molecule has 32 heavy (non-hydrogen) atoms. The van der Waals surface area contributed by atoms with Crippen molar-refractivity contribution in [2.24, 2.45) is 10.8 Å². The SMILES string of the molecule is Cc1cc(NC(=O)C(C)(C)C)cc(-c2nc3cc(C(C)(C)C)[nH]n3c2C(=O)C(C)(C)C)c1. The Kier molecular flexibility index (Phi) is 5.65. The first-order valence-electron chi connectivity index (χ1n) is 11.1. The Morgan fingerprint density at radius 2 is 1.53 bits per heavy atom. The minimum Gasteiger partial charge on any atom is -0.326 e. The number of Topliss-reactive ketones (excluding diaryl/α,β-unsaturated/α-hetero) is 1. The first kappa shape index (κ1) is 23.8. The van der Waals surface area contributed by atoms with Crippen molar-refractivity contribution < 1.29 is 9.59 Å². The fraction of sp³-hybridized carbons (Fsp3) is 0.500. The molecule has 1 amide bonds. The van der Waals surface area contributed by atoms with Crippen molar-refractivity contribution in [2.75, 3.05) is 5.32 Å². The molecule has 0 fully saturated rings. The second-order valence-electron chi connectivity index (χ2n) is 11.8. The van der Waals surface area contributed by atoms with Gasteiger partial charge in [0.2, 0.25) is 5.91 Å². The summed E-state index contributed by atoms with van der Waals surface area (Å²) in [5.41, 5.74) is 4.15. The number of amides is 1. The van der Waals surface area contributed by atoms with Crippen LogP contribution in [0.1, 0.15) is 84.1 Å². The number of aryl methyl sites for hydroxylation is 1. The van der Waals surface area contributed by atoms with Crippen LogP contribution in [0.4, 0.5) is 5.69 Å². The molecule has 0 aliphatic rings. The highest BCUT2D eigenvalue weighted by Crippen LogP contribution is 2.34. The Morgan fingerprint density at radius 3 is 2.06 bits per heavy atom. The Bertz CT molecular complexity index is 1190. The number of carbonyl (C=O) groups is 2. The Hall–Kier alpha value is -2.89. The monoisotopic (exact) mass is 436 g/mol.